The third kappa shape index (κ3) is 5.34. The van der Waals surface area contributed by atoms with Gasteiger partial charge < -0.3 is 14.8 Å². The van der Waals surface area contributed by atoms with Crippen LogP contribution in [0, 0.1) is 23.6 Å². The van der Waals surface area contributed by atoms with Gasteiger partial charge in [0.2, 0.25) is 0 Å². The molecule has 1 N–H and O–H groups in total. The van der Waals surface area contributed by atoms with Gasteiger partial charge in [0.05, 0.1) is 12.2 Å². The van der Waals surface area contributed by atoms with E-state index in [4.69, 9.17) is 0 Å². The first-order valence-corrected chi connectivity index (χ1v) is 11.8. The van der Waals surface area contributed by atoms with E-state index in [1.54, 1.807) is 12.1 Å². The summed E-state index contributed by atoms with van der Waals surface area (Å²) < 4.78 is 15.3. The van der Waals surface area contributed by atoms with E-state index >= 15 is 0 Å². The highest BCUT2D eigenvalue weighted by molar-refractivity contribution is 5.83. The van der Waals surface area contributed by atoms with E-state index in [0.717, 1.165) is 29.9 Å². The Kier molecular flexibility index (Phi) is 7.17. The van der Waals surface area contributed by atoms with E-state index in [1.807, 2.05) is 0 Å². The van der Waals surface area contributed by atoms with Crippen molar-refractivity contribution in [3.8, 4) is 11.8 Å². The molecule has 1 aliphatic carbocycles. The zero-order valence-electron chi connectivity index (χ0n) is 19.5. The van der Waals surface area contributed by atoms with Crippen LogP contribution in [0.5, 0.6) is 0 Å². The maximum atomic E-state index is 13.0. The van der Waals surface area contributed by atoms with Gasteiger partial charge >= 0.3 is 0 Å². The monoisotopic (exact) mass is 431 g/mol. The standard InChI is InChI=1S/C28H34FN3/c1-4-32-27(6-5-17-30-25-12-10-24(29)11-13-25)20-23-19-22(9-16-28(23)32)18-21-7-14-26(15-8-21)31(2)3/h9-13,16,19-21,26,30H,4,7-8,14-15,17-18H2,1-3H3. The molecule has 32 heavy (non-hydrogen) atoms. The first kappa shape index (κ1) is 22.4. The van der Waals surface area contributed by atoms with Crippen LogP contribution in [-0.2, 0) is 13.0 Å². The molecule has 0 spiro atoms. The van der Waals surface area contributed by atoms with Gasteiger partial charge in [0.25, 0.3) is 0 Å². The van der Waals surface area contributed by atoms with E-state index in [-0.39, 0.29) is 5.82 Å². The summed E-state index contributed by atoms with van der Waals surface area (Å²) in [6.45, 7) is 3.59. The molecule has 3 aromatic rings. The summed E-state index contributed by atoms with van der Waals surface area (Å²) in [6, 6.07) is 16.3. The van der Waals surface area contributed by atoms with Gasteiger partial charge in [0, 0.05) is 29.2 Å². The van der Waals surface area contributed by atoms with Crippen LogP contribution in [0.2, 0.25) is 0 Å². The highest BCUT2D eigenvalue weighted by Crippen LogP contribution is 2.30. The Bertz CT molecular complexity index is 1090. The number of nitrogens with one attached hydrogen (secondary N) is 1. The lowest BCUT2D eigenvalue weighted by molar-refractivity contribution is 0.193. The largest absolute Gasteiger partial charge is 0.374 e. The molecule has 1 fully saturated rings. The zero-order valence-corrected chi connectivity index (χ0v) is 19.5. The molecule has 0 bridgehead atoms. The van der Waals surface area contributed by atoms with Crippen molar-refractivity contribution in [1.29, 1.82) is 0 Å². The lowest BCUT2D eigenvalue weighted by Crippen LogP contribution is -2.32. The molecule has 1 saturated carbocycles. The molecule has 0 atom stereocenters. The van der Waals surface area contributed by atoms with Crippen LogP contribution < -0.4 is 5.32 Å². The van der Waals surface area contributed by atoms with Crippen molar-refractivity contribution in [2.45, 2.75) is 51.6 Å². The second-order valence-corrected chi connectivity index (χ2v) is 9.17. The van der Waals surface area contributed by atoms with Crippen molar-refractivity contribution >= 4 is 16.6 Å². The Morgan fingerprint density at radius 3 is 2.47 bits per heavy atom. The Hall–Kier alpha value is -2.77. The number of fused-ring (bicyclic) bond motifs is 1. The van der Waals surface area contributed by atoms with Crippen LogP contribution in [0.15, 0.2) is 48.5 Å². The second-order valence-electron chi connectivity index (χ2n) is 9.17. The van der Waals surface area contributed by atoms with Crippen molar-refractivity contribution in [2.75, 3.05) is 26.0 Å². The van der Waals surface area contributed by atoms with Gasteiger partial charge in [-0.1, -0.05) is 12.0 Å². The van der Waals surface area contributed by atoms with E-state index in [1.165, 1.54) is 60.7 Å². The number of aryl methyl sites for hydroxylation is 1. The number of halogens is 1. The highest BCUT2D eigenvalue weighted by atomic mass is 19.1. The summed E-state index contributed by atoms with van der Waals surface area (Å²) in [5.41, 5.74) is 4.62. The maximum absolute atomic E-state index is 13.0. The molecule has 0 saturated heterocycles. The van der Waals surface area contributed by atoms with Crippen LogP contribution in [0.25, 0.3) is 10.9 Å². The van der Waals surface area contributed by atoms with Gasteiger partial charge in [-0.2, -0.15) is 0 Å². The van der Waals surface area contributed by atoms with E-state index in [9.17, 15) is 4.39 Å². The molecule has 1 heterocycles. The normalized spacial score (nSPS) is 18.5. The number of hydrogen-bond donors (Lipinski definition) is 1. The van der Waals surface area contributed by atoms with Crippen molar-refractivity contribution in [2.24, 2.45) is 5.92 Å². The van der Waals surface area contributed by atoms with E-state index < -0.39 is 0 Å². The molecule has 0 aliphatic heterocycles. The summed E-state index contributed by atoms with van der Waals surface area (Å²) in [6.07, 6.45) is 6.47. The van der Waals surface area contributed by atoms with Gasteiger partial charge in [-0.15, -0.1) is 0 Å². The number of aromatic nitrogens is 1. The van der Waals surface area contributed by atoms with Crippen molar-refractivity contribution in [3.05, 3.63) is 65.6 Å². The molecule has 4 heteroatoms. The molecule has 0 unspecified atom stereocenters. The van der Waals surface area contributed by atoms with Gasteiger partial charge in [0.1, 0.15) is 5.82 Å². The molecule has 3 nitrogen and oxygen atoms in total. The molecular weight excluding hydrogens is 397 g/mol. The number of rotatable bonds is 6. The number of hydrogen-bond acceptors (Lipinski definition) is 2. The van der Waals surface area contributed by atoms with Crippen molar-refractivity contribution < 1.29 is 4.39 Å². The highest BCUT2D eigenvalue weighted by Gasteiger charge is 2.22. The van der Waals surface area contributed by atoms with Gasteiger partial charge in [-0.3, -0.25) is 0 Å². The van der Waals surface area contributed by atoms with Crippen LogP contribution in [0.4, 0.5) is 10.1 Å². The fraction of sp³-hybridized carbons (Fsp3) is 0.429. The Morgan fingerprint density at radius 2 is 1.78 bits per heavy atom. The summed E-state index contributed by atoms with van der Waals surface area (Å²) in [4.78, 5) is 2.38. The predicted octanol–water partition coefficient (Wildman–Crippen LogP) is 5.93. The fourth-order valence-corrected chi connectivity index (χ4v) is 4.94. The summed E-state index contributed by atoms with van der Waals surface area (Å²) in [7, 11) is 4.41. The van der Waals surface area contributed by atoms with Gasteiger partial charge in [-0.25, -0.2) is 4.39 Å². The zero-order chi connectivity index (χ0) is 22.5. The number of anilines is 1. The quantitative estimate of drug-likeness (QED) is 0.488. The lowest BCUT2D eigenvalue weighted by atomic mass is 9.82. The third-order valence-corrected chi connectivity index (χ3v) is 6.79. The molecule has 1 aliphatic rings. The first-order valence-electron chi connectivity index (χ1n) is 11.8. The minimum atomic E-state index is -0.227. The molecule has 4 rings (SSSR count). The molecule has 2 aromatic carbocycles. The Balaban J connectivity index is 1.43. The SMILES string of the molecule is CCn1c(C#CCNc2ccc(F)cc2)cc2cc(CC3CCC(N(C)C)CC3)ccc21. The fourth-order valence-electron chi connectivity index (χ4n) is 4.94. The molecule has 168 valence electrons. The van der Waals surface area contributed by atoms with Crippen molar-refractivity contribution in [1.82, 2.24) is 9.47 Å². The van der Waals surface area contributed by atoms with E-state index in [0.29, 0.717) is 6.54 Å². The smallest absolute Gasteiger partial charge is 0.123 e. The average molecular weight is 432 g/mol. The van der Waals surface area contributed by atoms with Crippen LogP contribution in [0.3, 0.4) is 0 Å². The molecule has 0 radical (unpaired) electrons. The maximum Gasteiger partial charge on any atom is 0.123 e. The molecular formula is C28H34FN3. The van der Waals surface area contributed by atoms with Crippen LogP contribution in [-0.4, -0.2) is 36.1 Å². The number of benzene rings is 2. The van der Waals surface area contributed by atoms with E-state index in [2.05, 4.69) is 71.9 Å². The summed E-state index contributed by atoms with van der Waals surface area (Å²) >= 11 is 0. The predicted molar refractivity (Wildman–Crippen MR) is 133 cm³/mol. The molecule has 1 aromatic heterocycles. The summed E-state index contributed by atoms with van der Waals surface area (Å²) in [5.74, 6) is 7.11. The first-order chi connectivity index (χ1) is 15.5. The lowest BCUT2D eigenvalue weighted by Gasteiger charge is -2.32. The van der Waals surface area contributed by atoms with Crippen molar-refractivity contribution in [3.63, 3.8) is 0 Å². The van der Waals surface area contributed by atoms with Crippen LogP contribution >= 0.6 is 0 Å². The van der Waals surface area contributed by atoms with Gasteiger partial charge in [0.15, 0.2) is 0 Å². The summed E-state index contributed by atoms with van der Waals surface area (Å²) in [5, 5.41) is 4.51. The second kappa shape index (κ2) is 10.2. The third-order valence-electron chi connectivity index (χ3n) is 6.79. The average Bonchev–Trinajstić information content (AvgIpc) is 3.15. The minimum Gasteiger partial charge on any atom is -0.374 e. The Morgan fingerprint density at radius 1 is 1.03 bits per heavy atom. The minimum absolute atomic E-state index is 0.227. The molecule has 0 amide bonds. The topological polar surface area (TPSA) is 20.2 Å². The van der Waals surface area contributed by atoms with Crippen LogP contribution in [0.1, 0.15) is 43.9 Å². The van der Waals surface area contributed by atoms with Gasteiger partial charge in [-0.05, 0) is 113 Å². The number of nitrogens with zero attached hydrogens (tertiary/aromatic N) is 2. The Labute approximate surface area is 191 Å².